The van der Waals surface area contributed by atoms with Crippen LogP contribution in [0, 0.1) is 17.1 Å². The van der Waals surface area contributed by atoms with Crippen molar-refractivity contribution in [3.63, 3.8) is 0 Å². The van der Waals surface area contributed by atoms with Crippen LogP contribution in [0.15, 0.2) is 36.7 Å². The maximum absolute atomic E-state index is 13.6. The van der Waals surface area contributed by atoms with Crippen molar-refractivity contribution in [2.75, 3.05) is 42.9 Å². The molecule has 1 N–H and O–H groups in total. The van der Waals surface area contributed by atoms with E-state index in [9.17, 15) is 9.18 Å². The van der Waals surface area contributed by atoms with Gasteiger partial charge in [0.25, 0.3) is 0 Å². The number of benzene rings is 1. The number of nitrogens with zero attached hydrogens (tertiary/aromatic N) is 5. The first-order valence-electron chi connectivity index (χ1n) is 7.90. The van der Waals surface area contributed by atoms with E-state index in [4.69, 9.17) is 5.26 Å². The molecule has 0 spiro atoms. The van der Waals surface area contributed by atoms with Crippen molar-refractivity contribution in [2.45, 2.75) is 0 Å². The zero-order chi connectivity index (χ0) is 17.6. The van der Waals surface area contributed by atoms with Crippen LogP contribution in [0.1, 0.15) is 5.69 Å². The van der Waals surface area contributed by atoms with Gasteiger partial charge >= 0.3 is 0 Å². The molecule has 1 fully saturated rings. The van der Waals surface area contributed by atoms with Crippen LogP contribution >= 0.6 is 0 Å². The Morgan fingerprint density at radius 1 is 1.20 bits per heavy atom. The molecule has 0 atom stereocenters. The minimum absolute atomic E-state index is 0.185. The van der Waals surface area contributed by atoms with Gasteiger partial charge in [0, 0.05) is 38.6 Å². The van der Waals surface area contributed by atoms with Gasteiger partial charge in [-0.2, -0.15) is 5.26 Å². The zero-order valence-corrected chi connectivity index (χ0v) is 13.5. The molecule has 0 saturated carbocycles. The molecule has 1 saturated heterocycles. The number of nitriles is 1. The fourth-order valence-corrected chi connectivity index (χ4v) is 2.71. The minimum Gasteiger partial charge on any atom is -0.352 e. The van der Waals surface area contributed by atoms with Crippen molar-refractivity contribution in [1.29, 1.82) is 5.26 Å². The minimum atomic E-state index is -0.452. The van der Waals surface area contributed by atoms with Crippen LogP contribution in [0.25, 0.3) is 0 Å². The third-order valence-corrected chi connectivity index (χ3v) is 3.97. The second-order valence-electron chi connectivity index (χ2n) is 5.63. The normalized spacial score (nSPS) is 14.8. The number of para-hydroxylation sites is 1. The van der Waals surface area contributed by atoms with Gasteiger partial charge in [0.2, 0.25) is 5.91 Å². The van der Waals surface area contributed by atoms with Gasteiger partial charge < -0.3 is 10.2 Å². The Hall–Kier alpha value is -3.05. The molecule has 1 aliphatic heterocycles. The van der Waals surface area contributed by atoms with Gasteiger partial charge in [0.1, 0.15) is 11.9 Å². The third kappa shape index (κ3) is 4.08. The molecule has 25 heavy (non-hydrogen) atoms. The number of carbonyl (C=O) groups is 1. The molecule has 1 aromatic heterocycles. The highest BCUT2D eigenvalue weighted by molar-refractivity contribution is 5.92. The zero-order valence-electron chi connectivity index (χ0n) is 13.5. The van der Waals surface area contributed by atoms with Gasteiger partial charge in [0.05, 0.1) is 12.2 Å². The Bertz CT molecular complexity index is 798. The molecule has 2 aromatic rings. The first-order chi connectivity index (χ1) is 12.2. The molecule has 1 aliphatic rings. The van der Waals surface area contributed by atoms with Gasteiger partial charge in [-0.25, -0.2) is 14.4 Å². The molecule has 0 aliphatic carbocycles. The largest absolute Gasteiger partial charge is 0.352 e. The average molecular weight is 340 g/mol. The molecule has 1 amide bonds. The number of amides is 1. The molecule has 1 aromatic carbocycles. The standard InChI is InChI=1S/C17H17FN6O/c18-13-3-1-2-4-14(13)22-16(25)12-23-7-9-24(10-8-23)17-15(11-19)20-5-6-21-17/h1-6H,7-10,12H2,(H,22,25). The van der Waals surface area contributed by atoms with Crippen LogP contribution in [0.5, 0.6) is 0 Å². The summed E-state index contributed by atoms with van der Waals surface area (Å²) in [5, 5.41) is 11.7. The number of aromatic nitrogens is 2. The third-order valence-electron chi connectivity index (χ3n) is 3.97. The second-order valence-corrected chi connectivity index (χ2v) is 5.63. The van der Waals surface area contributed by atoms with Crippen molar-refractivity contribution < 1.29 is 9.18 Å². The fraction of sp³-hybridized carbons (Fsp3) is 0.294. The van der Waals surface area contributed by atoms with Crippen molar-refractivity contribution in [3.05, 3.63) is 48.2 Å². The quantitative estimate of drug-likeness (QED) is 0.902. The van der Waals surface area contributed by atoms with Gasteiger partial charge in [0.15, 0.2) is 11.5 Å². The van der Waals surface area contributed by atoms with E-state index in [2.05, 4.69) is 15.3 Å². The fourth-order valence-electron chi connectivity index (χ4n) is 2.71. The number of hydrogen-bond acceptors (Lipinski definition) is 6. The molecule has 128 valence electrons. The molecular formula is C17H17FN6O. The summed E-state index contributed by atoms with van der Waals surface area (Å²) >= 11 is 0. The highest BCUT2D eigenvalue weighted by Crippen LogP contribution is 2.16. The van der Waals surface area contributed by atoms with Crippen LogP contribution in [-0.2, 0) is 4.79 Å². The molecule has 7 nitrogen and oxygen atoms in total. The Morgan fingerprint density at radius 2 is 1.92 bits per heavy atom. The van der Waals surface area contributed by atoms with Crippen LogP contribution in [0.4, 0.5) is 15.9 Å². The second kappa shape index (κ2) is 7.68. The summed E-state index contributed by atoms with van der Waals surface area (Å²) in [7, 11) is 0. The van der Waals surface area contributed by atoms with E-state index in [1.165, 1.54) is 18.3 Å². The number of anilines is 2. The average Bonchev–Trinajstić information content (AvgIpc) is 2.64. The first kappa shape index (κ1) is 16.8. The lowest BCUT2D eigenvalue weighted by molar-refractivity contribution is -0.117. The highest BCUT2D eigenvalue weighted by atomic mass is 19.1. The Kier molecular flexibility index (Phi) is 5.16. The topological polar surface area (TPSA) is 85.2 Å². The Balaban J connectivity index is 1.53. The van der Waals surface area contributed by atoms with Crippen molar-refractivity contribution >= 4 is 17.4 Å². The molecule has 0 bridgehead atoms. The van der Waals surface area contributed by atoms with Crippen molar-refractivity contribution in [2.24, 2.45) is 0 Å². The smallest absolute Gasteiger partial charge is 0.238 e. The molecule has 8 heteroatoms. The van der Waals surface area contributed by atoms with E-state index in [0.717, 1.165) is 0 Å². The monoisotopic (exact) mass is 340 g/mol. The maximum atomic E-state index is 13.6. The number of halogens is 1. The summed E-state index contributed by atoms with van der Waals surface area (Å²) in [6.45, 7) is 2.76. The van der Waals surface area contributed by atoms with E-state index < -0.39 is 5.82 Å². The summed E-state index contributed by atoms with van der Waals surface area (Å²) < 4.78 is 13.6. The van der Waals surface area contributed by atoms with Gasteiger partial charge in [-0.3, -0.25) is 9.69 Å². The van der Waals surface area contributed by atoms with Crippen molar-refractivity contribution in [1.82, 2.24) is 14.9 Å². The number of carbonyl (C=O) groups excluding carboxylic acids is 1. The maximum Gasteiger partial charge on any atom is 0.238 e. The van der Waals surface area contributed by atoms with Crippen LogP contribution < -0.4 is 10.2 Å². The lowest BCUT2D eigenvalue weighted by atomic mass is 10.2. The molecular weight excluding hydrogens is 323 g/mol. The number of nitrogens with one attached hydrogen (secondary N) is 1. The SMILES string of the molecule is N#Cc1nccnc1N1CCN(CC(=O)Nc2ccccc2F)CC1. The van der Waals surface area contributed by atoms with Gasteiger partial charge in [-0.1, -0.05) is 12.1 Å². The lowest BCUT2D eigenvalue weighted by Gasteiger charge is -2.35. The van der Waals surface area contributed by atoms with E-state index in [-0.39, 0.29) is 18.1 Å². The summed E-state index contributed by atoms with van der Waals surface area (Å²) in [5.41, 5.74) is 0.484. The highest BCUT2D eigenvalue weighted by Gasteiger charge is 2.22. The predicted molar refractivity (Wildman–Crippen MR) is 90.4 cm³/mol. The number of hydrogen-bond donors (Lipinski definition) is 1. The first-order valence-corrected chi connectivity index (χ1v) is 7.90. The van der Waals surface area contributed by atoms with Crippen molar-refractivity contribution in [3.8, 4) is 6.07 Å². The van der Waals surface area contributed by atoms with Gasteiger partial charge in [-0.05, 0) is 12.1 Å². The molecule has 2 heterocycles. The van der Waals surface area contributed by atoms with Crippen LogP contribution in [0.3, 0.4) is 0 Å². The molecule has 0 unspecified atom stereocenters. The van der Waals surface area contributed by atoms with E-state index in [1.807, 2.05) is 15.9 Å². The summed E-state index contributed by atoms with van der Waals surface area (Å²) in [6.07, 6.45) is 3.05. The van der Waals surface area contributed by atoms with Crippen LogP contribution in [0.2, 0.25) is 0 Å². The number of rotatable bonds is 4. The van der Waals surface area contributed by atoms with E-state index in [1.54, 1.807) is 18.3 Å². The summed E-state index contributed by atoms with van der Waals surface area (Å²) in [5.74, 6) is -0.136. The van der Waals surface area contributed by atoms with E-state index in [0.29, 0.717) is 37.7 Å². The Morgan fingerprint density at radius 3 is 2.64 bits per heavy atom. The van der Waals surface area contributed by atoms with E-state index >= 15 is 0 Å². The lowest BCUT2D eigenvalue weighted by Crippen LogP contribution is -2.49. The summed E-state index contributed by atoms with van der Waals surface area (Å²) in [4.78, 5) is 24.3. The summed E-state index contributed by atoms with van der Waals surface area (Å²) in [6, 6.07) is 8.13. The van der Waals surface area contributed by atoms with Crippen LogP contribution in [-0.4, -0.2) is 53.5 Å². The Labute approximate surface area is 144 Å². The predicted octanol–water partition coefficient (Wildman–Crippen LogP) is 1.25. The number of piperazine rings is 1. The van der Waals surface area contributed by atoms with Gasteiger partial charge in [-0.15, -0.1) is 0 Å². The molecule has 3 rings (SSSR count). The molecule has 0 radical (unpaired) electrons.